The van der Waals surface area contributed by atoms with Crippen molar-refractivity contribution < 1.29 is 0 Å². The summed E-state index contributed by atoms with van der Waals surface area (Å²) >= 11 is 0. The van der Waals surface area contributed by atoms with Crippen LogP contribution >= 0.6 is 0 Å². The van der Waals surface area contributed by atoms with E-state index in [2.05, 4.69) is 38.3 Å². The molecular weight excluding hydrogens is 278 g/mol. The van der Waals surface area contributed by atoms with Crippen LogP contribution in [0.1, 0.15) is 26.2 Å². The standard InChI is InChI=1S/C15H21N7/c1-2-21-7-3-5-12(21)9-17-14-13-10-20-22(8-4-6-16)15(13)19-11-18-14/h10-12H,2-5,7-9H2,1H3,(H,17,18,19)/t12-/m0/s1. The molecule has 1 N–H and O–H groups in total. The SMILES string of the molecule is CCN1CCC[C@H]1CNc1ncnc2c1cnn2CCC#N. The van der Waals surface area contributed by atoms with E-state index in [9.17, 15) is 0 Å². The molecule has 0 aliphatic carbocycles. The van der Waals surface area contributed by atoms with Gasteiger partial charge < -0.3 is 5.32 Å². The third-order valence-corrected chi connectivity index (χ3v) is 4.28. The van der Waals surface area contributed by atoms with Gasteiger partial charge in [0.25, 0.3) is 0 Å². The fourth-order valence-electron chi connectivity index (χ4n) is 3.11. The van der Waals surface area contributed by atoms with Crippen LogP contribution in [-0.2, 0) is 6.54 Å². The van der Waals surface area contributed by atoms with Gasteiger partial charge in [-0.2, -0.15) is 10.4 Å². The highest BCUT2D eigenvalue weighted by Gasteiger charge is 2.23. The smallest absolute Gasteiger partial charge is 0.163 e. The molecule has 7 heteroatoms. The van der Waals surface area contributed by atoms with E-state index < -0.39 is 0 Å². The number of anilines is 1. The van der Waals surface area contributed by atoms with Crippen molar-refractivity contribution >= 4 is 16.9 Å². The Labute approximate surface area is 130 Å². The zero-order chi connectivity index (χ0) is 15.4. The summed E-state index contributed by atoms with van der Waals surface area (Å²) in [5, 5.41) is 17.4. The van der Waals surface area contributed by atoms with Gasteiger partial charge >= 0.3 is 0 Å². The average Bonchev–Trinajstić information content (AvgIpc) is 3.17. The minimum absolute atomic E-state index is 0.428. The minimum atomic E-state index is 0.428. The molecule has 3 heterocycles. The molecule has 0 saturated carbocycles. The van der Waals surface area contributed by atoms with Crippen LogP contribution in [0.25, 0.3) is 11.0 Å². The lowest BCUT2D eigenvalue weighted by atomic mass is 10.2. The number of rotatable bonds is 6. The lowest BCUT2D eigenvalue weighted by Crippen LogP contribution is -2.34. The van der Waals surface area contributed by atoms with Crippen molar-refractivity contribution in [2.24, 2.45) is 0 Å². The minimum Gasteiger partial charge on any atom is -0.368 e. The normalized spacial score (nSPS) is 18.6. The Kier molecular flexibility index (Phi) is 4.49. The van der Waals surface area contributed by atoms with E-state index in [1.165, 1.54) is 19.4 Å². The van der Waals surface area contributed by atoms with Crippen LogP contribution in [0.3, 0.4) is 0 Å². The summed E-state index contributed by atoms with van der Waals surface area (Å²) < 4.78 is 1.76. The summed E-state index contributed by atoms with van der Waals surface area (Å²) in [5.74, 6) is 0.830. The van der Waals surface area contributed by atoms with Crippen LogP contribution in [0.15, 0.2) is 12.5 Å². The Balaban J connectivity index is 1.74. The number of likely N-dealkylation sites (tertiary alicyclic amines) is 1. The number of fused-ring (bicyclic) bond motifs is 1. The van der Waals surface area contributed by atoms with Crippen LogP contribution < -0.4 is 5.32 Å². The van der Waals surface area contributed by atoms with Gasteiger partial charge in [-0.05, 0) is 25.9 Å². The maximum atomic E-state index is 8.70. The Morgan fingerprint density at radius 3 is 3.18 bits per heavy atom. The van der Waals surface area contributed by atoms with Gasteiger partial charge in [0.05, 0.1) is 30.6 Å². The molecule has 0 radical (unpaired) electrons. The molecule has 0 aromatic carbocycles. The molecule has 116 valence electrons. The Hall–Kier alpha value is -2.20. The third kappa shape index (κ3) is 2.88. The molecule has 1 atom stereocenters. The molecule has 22 heavy (non-hydrogen) atoms. The highest BCUT2D eigenvalue weighted by atomic mass is 15.3. The van der Waals surface area contributed by atoms with Crippen molar-refractivity contribution in [2.45, 2.75) is 38.8 Å². The first-order valence-corrected chi connectivity index (χ1v) is 7.85. The summed E-state index contributed by atoms with van der Waals surface area (Å²) in [4.78, 5) is 11.2. The van der Waals surface area contributed by atoms with Crippen LogP contribution in [0.4, 0.5) is 5.82 Å². The first-order valence-electron chi connectivity index (χ1n) is 7.85. The molecule has 0 spiro atoms. The first-order chi connectivity index (χ1) is 10.8. The van der Waals surface area contributed by atoms with Gasteiger partial charge in [0, 0.05) is 12.6 Å². The molecule has 2 aromatic heterocycles. The summed E-state index contributed by atoms with van der Waals surface area (Å²) in [6.45, 7) is 5.94. The Morgan fingerprint density at radius 1 is 1.45 bits per heavy atom. The van der Waals surface area contributed by atoms with E-state index in [1.54, 1.807) is 17.2 Å². The molecule has 1 aliphatic heterocycles. The molecule has 2 aromatic rings. The second kappa shape index (κ2) is 6.71. The Bertz CT molecular complexity index is 672. The van der Waals surface area contributed by atoms with Gasteiger partial charge in [-0.15, -0.1) is 0 Å². The van der Waals surface area contributed by atoms with Gasteiger partial charge in [-0.3, -0.25) is 4.90 Å². The number of nitrogens with one attached hydrogen (secondary N) is 1. The quantitative estimate of drug-likeness (QED) is 0.873. The van der Waals surface area contributed by atoms with Crippen molar-refractivity contribution in [3.63, 3.8) is 0 Å². The fraction of sp³-hybridized carbons (Fsp3) is 0.600. The number of aryl methyl sites for hydroxylation is 1. The van der Waals surface area contributed by atoms with Crippen molar-refractivity contribution in [3.05, 3.63) is 12.5 Å². The number of hydrogen-bond acceptors (Lipinski definition) is 6. The van der Waals surface area contributed by atoms with Gasteiger partial charge in [0.15, 0.2) is 5.65 Å². The second-order valence-corrected chi connectivity index (χ2v) is 5.54. The third-order valence-electron chi connectivity index (χ3n) is 4.28. The van der Waals surface area contributed by atoms with Crippen molar-refractivity contribution in [1.82, 2.24) is 24.6 Å². The van der Waals surface area contributed by atoms with E-state index in [0.717, 1.165) is 29.9 Å². The molecule has 3 rings (SSSR count). The van der Waals surface area contributed by atoms with Gasteiger partial charge in [0.2, 0.25) is 0 Å². The van der Waals surface area contributed by atoms with Gasteiger partial charge in [-0.25, -0.2) is 14.6 Å². The van der Waals surface area contributed by atoms with Crippen LogP contribution in [0.2, 0.25) is 0 Å². The lowest BCUT2D eigenvalue weighted by molar-refractivity contribution is 0.277. The lowest BCUT2D eigenvalue weighted by Gasteiger charge is -2.23. The number of aromatic nitrogens is 4. The topological polar surface area (TPSA) is 82.7 Å². The molecular formula is C15H21N7. The molecule has 0 amide bonds. The van der Waals surface area contributed by atoms with E-state index in [1.807, 2.05) is 0 Å². The largest absolute Gasteiger partial charge is 0.368 e. The molecule has 7 nitrogen and oxygen atoms in total. The van der Waals surface area contributed by atoms with Gasteiger partial charge in [-0.1, -0.05) is 6.92 Å². The first kappa shape index (κ1) is 14.7. The summed E-state index contributed by atoms with van der Waals surface area (Å²) in [7, 11) is 0. The van der Waals surface area contributed by atoms with Gasteiger partial charge in [0.1, 0.15) is 12.1 Å². The van der Waals surface area contributed by atoms with Crippen LogP contribution in [0.5, 0.6) is 0 Å². The van der Waals surface area contributed by atoms with E-state index in [4.69, 9.17) is 5.26 Å². The molecule has 1 saturated heterocycles. The Morgan fingerprint density at radius 2 is 2.36 bits per heavy atom. The number of hydrogen-bond donors (Lipinski definition) is 1. The summed E-state index contributed by atoms with van der Waals surface area (Å²) in [6, 6.07) is 2.71. The zero-order valence-corrected chi connectivity index (χ0v) is 12.9. The van der Waals surface area contributed by atoms with E-state index >= 15 is 0 Å². The van der Waals surface area contributed by atoms with Crippen molar-refractivity contribution in [1.29, 1.82) is 5.26 Å². The number of nitrogens with zero attached hydrogens (tertiary/aromatic N) is 6. The fourth-order valence-corrected chi connectivity index (χ4v) is 3.11. The number of nitriles is 1. The van der Waals surface area contributed by atoms with Crippen molar-refractivity contribution in [3.8, 4) is 6.07 Å². The average molecular weight is 299 g/mol. The molecule has 1 fully saturated rings. The van der Waals surface area contributed by atoms with E-state index in [0.29, 0.717) is 19.0 Å². The summed E-state index contributed by atoms with van der Waals surface area (Å²) in [5.41, 5.74) is 0.784. The molecule has 1 aliphatic rings. The maximum absolute atomic E-state index is 8.70. The number of likely N-dealkylation sites (N-methyl/N-ethyl adjacent to an activating group) is 1. The highest BCUT2D eigenvalue weighted by Crippen LogP contribution is 2.21. The van der Waals surface area contributed by atoms with Crippen LogP contribution in [-0.4, -0.2) is 50.3 Å². The van der Waals surface area contributed by atoms with Crippen molar-refractivity contribution in [2.75, 3.05) is 25.0 Å². The highest BCUT2D eigenvalue weighted by molar-refractivity contribution is 5.86. The monoisotopic (exact) mass is 299 g/mol. The molecule has 0 unspecified atom stereocenters. The van der Waals surface area contributed by atoms with E-state index in [-0.39, 0.29) is 0 Å². The maximum Gasteiger partial charge on any atom is 0.163 e. The molecule has 0 bridgehead atoms. The van der Waals surface area contributed by atoms with Crippen LogP contribution in [0, 0.1) is 11.3 Å². The predicted octanol–water partition coefficient (Wildman–Crippen LogP) is 1.64. The summed E-state index contributed by atoms with van der Waals surface area (Å²) in [6.07, 6.45) is 6.27. The zero-order valence-electron chi connectivity index (χ0n) is 12.9. The predicted molar refractivity (Wildman–Crippen MR) is 84.3 cm³/mol. The second-order valence-electron chi connectivity index (χ2n) is 5.54.